The lowest BCUT2D eigenvalue weighted by atomic mass is 10.2. The maximum absolute atomic E-state index is 10.2. The van der Waals surface area contributed by atoms with Crippen molar-refractivity contribution in [2.24, 2.45) is 4.99 Å². The van der Waals surface area contributed by atoms with E-state index < -0.39 is 0 Å². The first-order valence-corrected chi connectivity index (χ1v) is 3.50. The Morgan fingerprint density at radius 1 is 1.78 bits per heavy atom. The summed E-state index contributed by atoms with van der Waals surface area (Å²) in [6.07, 6.45) is 4.35. The molecule has 0 unspecified atom stereocenters. The van der Waals surface area contributed by atoms with Gasteiger partial charge in [0.15, 0.2) is 6.29 Å². The van der Waals surface area contributed by atoms with Crippen molar-refractivity contribution >= 4 is 28.4 Å². The highest BCUT2D eigenvalue weighted by Gasteiger charge is 2.03. The SMILES string of the molecule is O=CC1=C(Br)CCC=N1. The molecule has 0 atom stereocenters. The molecule has 9 heavy (non-hydrogen) atoms. The van der Waals surface area contributed by atoms with E-state index >= 15 is 0 Å². The molecule has 0 bridgehead atoms. The molecule has 0 aromatic heterocycles. The summed E-state index contributed by atoms with van der Waals surface area (Å²) >= 11 is 3.25. The van der Waals surface area contributed by atoms with E-state index in [-0.39, 0.29) is 0 Å². The van der Waals surface area contributed by atoms with E-state index in [0.29, 0.717) is 5.70 Å². The van der Waals surface area contributed by atoms with E-state index in [2.05, 4.69) is 20.9 Å². The standard InChI is InChI=1S/C6H6BrNO/c7-5-2-1-3-8-6(5)4-9/h3-4H,1-2H2. The van der Waals surface area contributed by atoms with Gasteiger partial charge in [-0.25, -0.2) is 0 Å². The number of carbonyl (C=O) groups excluding carboxylic acids is 1. The number of hydrogen-bond acceptors (Lipinski definition) is 2. The van der Waals surface area contributed by atoms with Crippen LogP contribution in [0.2, 0.25) is 0 Å². The molecular weight excluding hydrogens is 182 g/mol. The molecule has 0 N–H and O–H groups in total. The number of halogens is 1. The van der Waals surface area contributed by atoms with Crippen LogP contribution in [0, 0.1) is 0 Å². The van der Waals surface area contributed by atoms with Crippen LogP contribution in [0.1, 0.15) is 12.8 Å². The lowest BCUT2D eigenvalue weighted by molar-refractivity contribution is -0.105. The van der Waals surface area contributed by atoms with Crippen LogP contribution in [-0.4, -0.2) is 12.5 Å². The molecule has 0 amide bonds. The third kappa shape index (κ3) is 1.48. The van der Waals surface area contributed by atoms with Crippen LogP contribution >= 0.6 is 15.9 Å². The summed E-state index contributed by atoms with van der Waals surface area (Å²) in [5.74, 6) is 0. The Hall–Kier alpha value is -0.440. The number of aliphatic imine (C=N–C) groups is 1. The highest BCUT2D eigenvalue weighted by Crippen LogP contribution is 2.20. The molecule has 0 spiro atoms. The molecule has 0 radical (unpaired) electrons. The minimum atomic E-state index is 0.529. The van der Waals surface area contributed by atoms with E-state index in [9.17, 15) is 4.79 Å². The first-order chi connectivity index (χ1) is 4.34. The number of rotatable bonds is 1. The average Bonchev–Trinajstić information content (AvgIpc) is 1.89. The van der Waals surface area contributed by atoms with Gasteiger partial charge >= 0.3 is 0 Å². The van der Waals surface area contributed by atoms with Crippen LogP contribution in [0.3, 0.4) is 0 Å². The van der Waals surface area contributed by atoms with E-state index in [1.54, 1.807) is 6.21 Å². The number of nitrogens with zero attached hydrogens (tertiary/aromatic N) is 1. The van der Waals surface area contributed by atoms with Gasteiger partial charge in [-0.2, -0.15) is 0 Å². The molecule has 1 rings (SSSR count). The van der Waals surface area contributed by atoms with Gasteiger partial charge in [-0.15, -0.1) is 0 Å². The smallest absolute Gasteiger partial charge is 0.169 e. The van der Waals surface area contributed by atoms with Gasteiger partial charge in [0.25, 0.3) is 0 Å². The van der Waals surface area contributed by atoms with Crippen molar-refractivity contribution in [3.63, 3.8) is 0 Å². The monoisotopic (exact) mass is 187 g/mol. The zero-order valence-corrected chi connectivity index (χ0v) is 6.39. The maximum atomic E-state index is 10.2. The van der Waals surface area contributed by atoms with Crippen LogP contribution in [0.4, 0.5) is 0 Å². The van der Waals surface area contributed by atoms with E-state index in [0.717, 1.165) is 23.6 Å². The van der Waals surface area contributed by atoms with E-state index in [1.807, 2.05) is 0 Å². The molecule has 1 aliphatic rings. The fourth-order valence-corrected chi connectivity index (χ4v) is 1.07. The fourth-order valence-electron chi connectivity index (χ4n) is 0.647. The molecule has 0 fully saturated rings. The Morgan fingerprint density at radius 3 is 3.00 bits per heavy atom. The van der Waals surface area contributed by atoms with Gasteiger partial charge in [0.2, 0.25) is 0 Å². The Bertz CT molecular complexity index is 183. The number of carbonyl (C=O) groups is 1. The van der Waals surface area contributed by atoms with Crippen LogP contribution in [-0.2, 0) is 4.79 Å². The Labute approximate surface area is 61.8 Å². The zero-order chi connectivity index (χ0) is 6.69. The first kappa shape index (κ1) is 6.68. The summed E-state index contributed by atoms with van der Waals surface area (Å²) < 4.78 is 0.917. The zero-order valence-electron chi connectivity index (χ0n) is 4.80. The van der Waals surface area contributed by atoms with Crippen molar-refractivity contribution in [2.45, 2.75) is 12.8 Å². The van der Waals surface area contributed by atoms with Crippen molar-refractivity contribution in [1.82, 2.24) is 0 Å². The Balaban J connectivity index is 2.84. The second-order valence-corrected chi connectivity index (χ2v) is 2.72. The topological polar surface area (TPSA) is 29.4 Å². The molecule has 1 heterocycles. The second-order valence-electron chi connectivity index (χ2n) is 1.76. The van der Waals surface area contributed by atoms with Gasteiger partial charge in [0.05, 0.1) is 0 Å². The van der Waals surface area contributed by atoms with Crippen LogP contribution < -0.4 is 0 Å². The average molecular weight is 188 g/mol. The molecule has 0 saturated carbocycles. The summed E-state index contributed by atoms with van der Waals surface area (Å²) in [6, 6.07) is 0. The molecular formula is C6H6BrNO. The van der Waals surface area contributed by atoms with E-state index in [1.165, 1.54) is 0 Å². The molecule has 48 valence electrons. The minimum absolute atomic E-state index is 0.529. The normalized spacial score (nSPS) is 18.3. The second kappa shape index (κ2) is 2.92. The molecule has 3 heteroatoms. The maximum Gasteiger partial charge on any atom is 0.169 e. The van der Waals surface area contributed by atoms with Crippen molar-refractivity contribution < 1.29 is 4.79 Å². The van der Waals surface area contributed by atoms with Crippen molar-refractivity contribution in [1.29, 1.82) is 0 Å². The van der Waals surface area contributed by atoms with Crippen molar-refractivity contribution in [3.8, 4) is 0 Å². The molecule has 2 nitrogen and oxygen atoms in total. The van der Waals surface area contributed by atoms with Gasteiger partial charge in [-0.05, 0) is 12.8 Å². The third-order valence-electron chi connectivity index (χ3n) is 1.11. The van der Waals surface area contributed by atoms with E-state index in [4.69, 9.17) is 0 Å². The highest BCUT2D eigenvalue weighted by atomic mass is 79.9. The number of aldehydes is 1. The fraction of sp³-hybridized carbons (Fsp3) is 0.333. The van der Waals surface area contributed by atoms with Gasteiger partial charge in [-0.3, -0.25) is 9.79 Å². The lowest BCUT2D eigenvalue weighted by Crippen LogP contribution is -1.92. The summed E-state index contributed by atoms with van der Waals surface area (Å²) in [7, 11) is 0. The van der Waals surface area contributed by atoms with Crippen molar-refractivity contribution in [3.05, 3.63) is 10.2 Å². The predicted octanol–water partition coefficient (Wildman–Crippen LogP) is 1.66. The van der Waals surface area contributed by atoms with Crippen molar-refractivity contribution in [2.75, 3.05) is 0 Å². The molecule has 1 aliphatic heterocycles. The van der Waals surface area contributed by atoms with Gasteiger partial charge < -0.3 is 0 Å². The van der Waals surface area contributed by atoms with Crippen LogP contribution in [0.5, 0.6) is 0 Å². The number of allylic oxidation sites excluding steroid dienone is 2. The summed E-state index contributed by atoms with van der Waals surface area (Å²) in [5.41, 5.74) is 0.529. The minimum Gasteiger partial charge on any atom is -0.296 e. The number of hydrogen-bond donors (Lipinski definition) is 0. The Kier molecular flexibility index (Phi) is 2.16. The lowest BCUT2D eigenvalue weighted by Gasteiger charge is -2.02. The van der Waals surface area contributed by atoms with Gasteiger partial charge in [0, 0.05) is 10.7 Å². The predicted molar refractivity (Wildman–Crippen MR) is 39.7 cm³/mol. The summed E-state index contributed by atoms with van der Waals surface area (Å²) in [4.78, 5) is 14.0. The largest absolute Gasteiger partial charge is 0.296 e. The highest BCUT2D eigenvalue weighted by molar-refractivity contribution is 9.11. The summed E-state index contributed by atoms with van der Waals surface area (Å²) in [5, 5.41) is 0. The third-order valence-corrected chi connectivity index (χ3v) is 1.92. The first-order valence-electron chi connectivity index (χ1n) is 2.71. The molecule has 0 aromatic carbocycles. The molecule has 0 aliphatic carbocycles. The van der Waals surface area contributed by atoms with Crippen LogP contribution in [0.25, 0.3) is 0 Å². The Morgan fingerprint density at radius 2 is 2.56 bits per heavy atom. The molecule has 0 saturated heterocycles. The summed E-state index contributed by atoms with van der Waals surface area (Å²) in [6.45, 7) is 0. The van der Waals surface area contributed by atoms with Gasteiger partial charge in [-0.1, -0.05) is 15.9 Å². The quantitative estimate of drug-likeness (QED) is 0.575. The van der Waals surface area contributed by atoms with Crippen LogP contribution in [0.15, 0.2) is 15.2 Å². The molecule has 0 aromatic rings. The van der Waals surface area contributed by atoms with Gasteiger partial charge in [0.1, 0.15) is 5.70 Å².